The zero-order chi connectivity index (χ0) is 27.9. The molecule has 0 aliphatic rings. The second-order valence-electron chi connectivity index (χ2n) is 11.6. The molecule has 5 rings (SSSR count). The molecule has 202 valence electrons. The summed E-state index contributed by atoms with van der Waals surface area (Å²) in [6, 6.07) is 16.2. The number of fused-ring (bicyclic) bond motifs is 1. The first kappa shape index (κ1) is 26.7. The van der Waals surface area contributed by atoms with E-state index in [2.05, 4.69) is 73.3 Å². The van der Waals surface area contributed by atoms with Gasteiger partial charge < -0.3 is 10.2 Å². The van der Waals surface area contributed by atoms with Crippen molar-refractivity contribution in [2.45, 2.75) is 65.4 Å². The number of pyridine rings is 2. The van der Waals surface area contributed by atoms with Gasteiger partial charge in [-0.1, -0.05) is 32.9 Å². The van der Waals surface area contributed by atoms with Crippen molar-refractivity contribution in [1.82, 2.24) is 34.5 Å². The van der Waals surface area contributed by atoms with Crippen LogP contribution in [0.5, 0.6) is 0 Å². The number of hydrogen-bond acceptors (Lipinski definition) is 7. The molecule has 1 aromatic carbocycles. The average molecular weight is 541 g/mol. The summed E-state index contributed by atoms with van der Waals surface area (Å²) in [6.07, 6.45) is 3.42. The van der Waals surface area contributed by atoms with E-state index in [0.717, 1.165) is 28.0 Å². The largest absolute Gasteiger partial charge is 0.413 e. The van der Waals surface area contributed by atoms with Gasteiger partial charge in [-0.2, -0.15) is 15.0 Å². The minimum Gasteiger partial charge on any atom is -0.413 e. The number of nitrogens with two attached hydrogens (primary N) is 1. The summed E-state index contributed by atoms with van der Waals surface area (Å²) in [6.45, 7) is 16.0. The zero-order valence-electron chi connectivity index (χ0n) is 23.7. The van der Waals surface area contributed by atoms with Gasteiger partial charge in [0.25, 0.3) is 0 Å². The Labute approximate surface area is 230 Å². The Morgan fingerprint density at radius 2 is 1.72 bits per heavy atom. The van der Waals surface area contributed by atoms with Crippen LogP contribution >= 0.6 is 0 Å². The Kier molecular flexibility index (Phi) is 6.85. The van der Waals surface area contributed by atoms with Gasteiger partial charge in [-0.15, -0.1) is 0 Å². The van der Waals surface area contributed by atoms with Crippen molar-refractivity contribution < 1.29 is 4.43 Å². The highest BCUT2D eigenvalue weighted by Gasteiger charge is 2.37. The van der Waals surface area contributed by atoms with Crippen LogP contribution in [0.1, 0.15) is 46.2 Å². The van der Waals surface area contributed by atoms with Gasteiger partial charge >= 0.3 is 0 Å². The van der Waals surface area contributed by atoms with Crippen LogP contribution in [0.3, 0.4) is 0 Å². The molecule has 0 bridgehead atoms. The molecule has 0 spiro atoms. The first-order chi connectivity index (χ1) is 18.4. The lowest BCUT2D eigenvalue weighted by Gasteiger charge is -2.36. The van der Waals surface area contributed by atoms with Crippen molar-refractivity contribution in [3.63, 3.8) is 0 Å². The van der Waals surface area contributed by atoms with Crippen molar-refractivity contribution in [3.8, 4) is 28.5 Å². The minimum atomic E-state index is -1.85. The highest BCUT2D eigenvalue weighted by atomic mass is 28.4. The average Bonchev–Trinajstić information content (AvgIpc) is 3.53. The quantitative estimate of drug-likeness (QED) is 0.237. The number of nitrogen functional groups attached to an aromatic ring is 1. The molecule has 0 aliphatic heterocycles. The maximum atomic E-state index is 6.44. The topological polar surface area (TPSA) is 110 Å². The van der Waals surface area contributed by atoms with Crippen molar-refractivity contribution in [3.05, 3.63) is 66.5 Å². The molecule has 5 aromatic rings. The number of aromatic nitrogens is 7. The fourth-order valence-electron chi connectivity index (χ4n) is 4.00. The molecule has 0 unspecified atom stereocenters. The van der Waals surface area contributed by atoms with Gasteiger partial charge in [0.1, 0.15) is 17.0 Å². The van der Waals surface area contributed by atoms with Crippen LogP contribution in [0.2, 0.25) is 18.1 Å². The summed E-state index contributed by atoms with van der Waals surface area (Å²) in [5.41, 5.74) is 12.0. The summed E-state index contributed by atoms with van der Waals surface area (Å²) in [5, 5.41) is 9.15. The predicted molar refractivity (Wildman–Crippen MR) is 158 cm³/mol. The number of imidazole rings is 1. The van der Waals surface area contributed by atoms with Crippen LogP contribution in [0, 0.1) is 0 Å². The number of anilines is 1. The Morgan fingerprint density at radius 1 is 0.974 bits per heavy atom. The summed E-state index contributed by atoms with van der Waals surface area (Å²) in [7, 11) is -1.85. The summed E-state index contributed by atoms with van der Waals surface area (Å²) in [4.78, 5) is 15.9. The standard InChI is InChI=1S/C29H36N8OSi/c1-19(2)37-32-17-25(35-37)23-14-15-24-28(33-23)36(27(34-24)22-9-8-16-31-26(22)30)21-12-10-20(11-13-21)18-38-39(6,7)29(3,4)5/h8-17,19H,18H2,1-7H3,(H2,30,31). The summed E-state index contributed by atoms with van der Waals surface area (Å²) < 4.78 is 8.47. The summed E-state index contributed by atoms with van der Waals surface area (Å²) >= 11 is 0. The van der Waals surface area contributed by atoms with Gasteiger partial charge in [-0.25, -0.2) is 15.0 Å². The van der Waals surface area contributed by atoms with Crippen LogP contribution in [-0.2, 0) is 11.0 Å². The smallest absolute Gasteiger partial charge is 0.192 e. The summed E-state index contributed by atoms with van der Waals surface area (Å²) in [5.74, 6) is 1.09. The molecule has 0 saturated carbocycles. The Balaban J connectivity index is 1.59. The third kappa shape index (κ3) is 5.22. The van der Waals surface area contributed by atoms with E-state index in [1.807, 2.05) is 42.7 Å². The van der Waals surface area contributed by atoms with Crippen LogP contribution in [0.4, 0.5) is 5.82 Å². The minimum absolute atomic E-state index is 0.158. The van der Waals surface area contributed by atoms with E-state index in [-0.39, 0.29) is 11.1 Å². The fraction of sp³-hybridized carbons (Fsp3) is 0.345. The molecule has 4 aromatic heterocycles. The van der Waals surface area contributed by atoms with Crippen molar-refractivity contribution in [2.24, 2.45) is 0 Å². The van der Waals surface area contributed by atoms with Gasteiger partial charge in [0.05, 0.1) is 30.1 Å². The van der Waals surface area contributed by atoms with Gasteiger partial charge in [0, 0.05) is 11.9 Å². The number of nitrogens with zero attached hydrogens (tertiary/aromatic N) is 7. The molecule has 9 nitrogen and oxygen atoms in total. The third-order valence-electron chi connectivity index (χ3n) is 7.42. The molecule has 0 radical (unpaired) electrons. The molecule has 0 fully saturated rings. The lowest BCUT2D eigenvalue weighted by molar-refractivity contribution is 0.276. The first-order valence-electron chi connectivity index (χ1n) is 13.2. The van der Waals surface area contributed by atoms with Crippen molar-refractivity contribution in [2.75, 3.05) is 5.73 Å². The monoisotopic (exact) mass is 540 g/mol. The highest BCUT2D eigenvalue weighted by Crippen LogP contribution is 2.37. The normalized spacial score (nSPS) is 12.5. The van der Waals surface area contributed by atoms with E-state index >= 15 is 0 Å². The molecule has 4 heterocycles. The van der Waals surface area contributed by atoms with E-state index < -0.39 is 8.32 Å². The molecule has 0 amide bonds. The van der Waals surface area contributed by atoms with Crippen molar-refractivity contribution in [1.29, 1.82) is 0 Å². The van der Waals surface area contributed by atoms with E-state index in [0.29, 0.717) is 29.6 Å². The first-order valence-corrected chi connectivity index (χ1v) is 16.1. The van der Waals surface area contributed by atoms with E-state index in [9.17, 15) is 0 Å². The molecule has 0 saturated heterocycles. The maximum absolute atomic E-state index is 6.44. The van der Waals surface area contributed by atoms with Gasteiger partial charge in [-0.05, 0) is 73.9 Å². The second kappa shape index (κ2) is 10.0. The molecule has 0 aliphatic carbocycles. The predicted octanol–water partition coefficient (Wildman–Crippen LogP) is 6.43. The van der Waals surface area contributed by atoms with Crippen LogP contribution in [-0.4, -0.2) is 42.8 Å². The highest BCUT2D eigenvalue weighted by molar-refractivity contribution is 6.74. The maximum Gasteiger partial charge on any atom is 0.192 e. The molecular formula is C29H36N8OSi. The van der Waals surface area contributed by atoms with Crippen molar-refractivity contribution >= 4 is 25.3 Å². The van der Waals surface area contributed by atoms with Gasteiger partial charge in [0.15, 0.2) is 19.8 Å². The van der Waals surface area contributed by atoms with E-state index in [1.165, 1.54) is 0 Å². The Hall–Kier alpha value is -3.89. The molecule has 2 N–H and O–H groups in total. The van der Waals surface area contributed by atoms with E-state index in [1.54, 1.807) is 17.2 Å². The second-order valence-corrected chi connectivity index (χ2v) is 16.4. The third-order valence-corrected chi connectivity index (χ3v) is 11.9. The Bertz CT molecular complexity index is 1610. The lowest BCUT2D eigenvalue weighted by atomic mass is 10.2. The van der Waals surface area contributed by atoms with Gasteiger partial charge in [-0.3, -0.25) is 4.57 Å². The van der Waals surface area contributed by atoms with Crippen LogP contribution in [0.25, 0.3) is 39.6 Å². The molecule has 10 heteroatoms. The Morgan fingerprint density at radius 3 is 2.36 bits per heavy atom. The molecule has 39 heavy (non-hydrogen) atoms. The van der Waals surface area contributed by atoms with Crippen LogP contribution in [0.15, 0.2) is 60.9 Å². The van der Waals surface area contributed by atoms with Crippen LogP contribution < -0.4 is 5.73 Å². The molecule has 0 atom stereocenters. The number of benzene rings is 1. The zero-order valence-corrected chi connectivity index (χ0v) is 24.7. The van der Waals surface area contributed by atoms with Gasteiger partial charge in [0.2, 0.25) is 0 Å². The molecular weight excluding hydrogens is 504 g/mol. The van der Waals surface area contributed by atoms with E-state index in [4.69, 9.17) is 20.1 Å². The number of rotatable bonds is 7. The lowest BCUT2D eigenvalue weighted by Crippen LogP contribution is -2.40. The SMILES string of the molecule is CC(C)n1ncc(-c2ccc3nc(-c4cccnc4N)n(-c4ccc(CO[Si](C)(C)C(C)(C)C)cc4)c3n2)n1. The number of hydrogen-bond donors (Lipinski definition) is 1. The fourth-order valence-corrected chi connectivity index (χ4v) is 4.96.